The molecule has 0 saturated carbocycles. The van der Waals surface area contributed by atoms with Crippen LogP contribution in [0, 0.1) is 22.7 Å². The van der Waals surface area contributed by atoms with Crippen LogP contribution in [0.3, 0.4) is 0 Å². The fourth-order valence-corrected chi connectivity index (χ4v) is 3.34. The summed E-state index contributed by atoms with van der Waals surface area (Å²) in [6, 6.07) is 16.5. The van der Waals surface area contributed by atoms with Crippen molar-refractivity contribution in [3.63, 3.8) is 0 Å². The van der Waals surface area contributed by atoms with Gasteiger partial charge in [0.25, 0.3) is 5.91 Å². The molecule has 1 aliphatic heterocycles. The van der Waals surface area contributed by atoms with Gasteiger partial charge in [-0.2, -0.15) is 10.5 Å². The van der Waals surface area contributed by atoms with Crippen LogP contribution in [-0.4, -0.2) is 31.8 Å². The van der Waals surface area contributed by atoms with Gasteiger partial charge >= 0.3 is 0 Å². The van der Waals surface area contributed by atoms with Crippen LogP contribution in [-0.2, 0) is 16.1 Å². The summed E-state index contributed by atoms with van der Waals surface area (Å²) >= 11 is 0. The van der Waals surface area contributed by atoms with Gasteiger partial charge in [0.2, 0.25) is 0 Å². The number of nitriles is 2. The van der Waals surface area contributed by atoms with E-state index in [1.165, 1.54) is 6.08 Å². The molecule has 0 radical (unpaired) electrons. The molecule has 1 saturated heterocycles. The molecule has 0 spiro atoms. The number of nitrogens with zero attached hydrogens (tertiary/aromatic N) is 2. The summed E-state index contributed by atoms with van der Waals surface area (Å²) in [6.07, 6.45) is 3.41. The Bertz CT molecular complexity index is 1060. The average Bonchev–Trinajstić information content (AvgIpc) is 3.34. The van der Waals surface area contributed by atoms with Gasteiger partial charge in [0.05, 0.1) is 24.3 Å². The number of amides is 1. The fraction of sp³-hybridized carbons (Fsp3) is 0.320. The highest BCUT2D eigenvalue weighted by Gasteiger charge is 2.18. The standard InChI is InChI=1S/C25H25N3O4/c1-2-30-24-13-18(12-21(15-27)25(29)28-16-22-8-5-11-31-22)9-10-23(24)32-17-20-7-4-3-6-19(20)14-26/h3-4,6-7,9-10,12-13,22H,2,5,8,11,16-17H2,1H3,(H,28,29)/b21-12+. The van der Waals surface area contributed by atoms with Gasteiger partial charge in [0, 0.05) is 18.7 Å². The molecule has 0 aromatic heterocycles. The molecule has 0 aliphatic carbocycles. The molecule has 7 nitrogen and oxygen atoms in total. The van der Waals surface area contributed by atoms with Crippen molar-refractivity contribution in [3.8, 4) is 23.6 Å². The van der Waals surface area contributed by atoms with E-state index in [1.807, 2.05) is 25.1 Å². The molecule has 32 heavy (non-hydrogen) atoms. The molecule has 0 bridgehead atoms. The van der Waals surface area contributed by atoms with Crippen molar-refractivity contribution < 1.29 is 19.0 Å². The van der Waals surface area contributed by atoms with E-state index in [0.29, 0.717) is 42.4 Å². The lowest BCUT2D eigenvalue weighted by atomic mass is 10.1. The lowest BCUT2D eigenvalue weighted by Gasteiger charge is -2.13. The SMILES string of the molecule is CCOc1cc(/C=C(\C#N)C(=O)NCC2CCCO2)ccc1OCc1ccccc1C#N. The van der Waals surface area contributed by atoms with Gasteiger partial charge in [0.15, 0.2) is 11.5 Å². The van der Waals surface area contributed by atoms with E-state index in [2.05, 4.69) is 11.4 Å². The zero-order valence-corrected chi connectivity index (χ0v) is 18.0. The number of nitrogens with one attached hydrogen (secondary N) is 1. The molecule has 164 valence electrons. The molecular formula is C25H25N3O4. The van der Waals surface area contributed by atoms with Gasteiger partial charge in [-0.3, -0.25) is 4.79 Å². The summed E-state index contributed by atoms with van der Waals surface area (Å²) in [6.45, 7) is 3.59. The van der Waals surface area contributed by atoms with Crippen LogP contribution >= 0.6 is 0 Å². The van der Waals surface area contributed by atoms with Crippen molar-refractivity contribution in [1.29, 1.82) is 10.5 Å². The van der Waals surface area contributed by atoms with Gasteiger partial charge in [0.1, 0.15) is 18.2 Å². The predicted octanol–water partition coefficient (Wildman–Crippen LogP) is 3.74. The Kier molecular flexibility index (Phi) is 8.25. The number of ether oxygens (including phenoxy) is 3. The van der Waals surface area contributed by atoms with E-state index >= 15 is 0 Å². The summed E-state index contributed by atoms with van der Waals surface area (Å²) in [5.74, 6) is 0.570. The maximum atomic E-state index is 12.4. The molecule has 2 aromatic rings. The van der Waals surface area contributed by atoms with E-state index < -0.39 is 5.91 Å². The Balaban J connectivity index is 1.72. The maximum Gasteiger partial charge on any atom is 0.262 e. The maximum absolute atomic E-state index is 12.4. The van der Waals surface area contributed by atoms with Crippen LogP contribution < -0.4 is 14.8 Å². The van der Waals surface area contributed by atoms with E-state index in [0.717, 1.165) is 18.4 Å². The zero-order chi connectivity index (χ0) is 22.8. The third-order valence-electron chi connectivity index (χ3n) is 4.98. The number of hydrogen-bond acceptors (Lipinski definition) is 6. The van der Waals surface area contributed by atoms with Crippen molar-refractivity contribution in [1.82, 2.24) is 5.32 Å². The lowest BCUT2D eigenvalue weighted by molar-refractivity contribution is -0.117. The molecule has 1 fully saturated rings. The summed E-state index contributed by atoms with van der Waals surface area (Å²) in [4.78, 5) is 12.4. The van der Waals surface area contributed by atoms with Crippen molar-refractivity contribution in [2.24, 2.45) is 0 Å². The van der Waals surface area contributed by atoms with E-state index in [9.17, 15) is 15.3 Å². The topological polar surface area (TPSA) is 104 Å². The quantitative estimate of drug-likeness (QED) is 0.479. The molecule has 1 aliphatic rings. The van der Waals surface area contributed by atoms with Crippen molar-refractivity contribution in [2.75, 3.05) is 19.8 Å². The lowest BCUT2D eigenvalue weighted by Crippen LogP contribution is -2.32. The summed E-state index contributed by atoms with van der Waals surface area (Å²) < 4.78 is 17.1. The molecule has 2 aromatic carbocycles. The van der Waals surface area contributed by atoms with Crippen LogP contribution in [0.4, 0.5) is 0 Å². The molecule has 1 atom stereocenters. The monoisotopic (exact) mass is 431 g/mol. The van der Waals surface area contributed by atoms with Crippen LogP contribution in [0.5, 0.6) is 11.5 Å². The fourth-order valence-electron chi connectivity index (χ4n) is 3.34. The Morgan fingerprint density at radius 3 is 2.78 bits per heavy atom. The van der Waals surface area contributed by atoms with Crippen molar-refractivity contribution >= 4 is 12.0 Å². The number of carbonyl (C=O) groups is 1. The van der Waals surface area contributed by atoms with Gasteiger partial charge < -0.3 is 19.5 Å². The molecule has 3 rings (SSSR count). The Morgan fingerprint density at radius 2 is 2.06 bits per heavy atom. The molecular weight excluding hydrogens is 406 g/mol. The second-order valence-corrected chi connectivity index (χ2v) is 7.21. The minimum Gasteiger partial charge on any atom is -0.490 e. The van der Waals surface area contributed by atoms with Gasteiger partial charge in [-0.05, 0) is 49.6 Å². The number of carbonyl (C=O) groups excluding carboxylic acids is 1. The highest BCUT2D eigenvalue weighted by atomic mass is 16.5. The normalized spacial score (nSPS) is 15.5. The first-order valence-corrected chi connectivity index (χ1v) is 10.5. The highest BCUT2D eigenvalue weighted by Crippen LogP contribution is 2.30. The Morgan fingerprint density at radius 1 is 1.22 bits per heavy atom. The average molecular weight is 431 g/mol. The highest BCUT2D eigenvalue weighted by molar-refractivity contribution is 6.01. The summed E-state index contributed by atoms with van der Waals surface area (Å²) in [7, 11) is 0. The Hall–Kier alpha value is -3.81. The predicted molar refractivity (Wildman–Crippen MR) is 119 cm³/mol. The zero-order valence-electron chi connectivity index (χ0n) is 18.0. The van der Waals surface area contributed by atoms with Crippen LogP contribution in [0.15, 0.2) is 48.0 Å². The molecule has 1 N–H and O–H groups in total. The van der Waals surface area contributed by atoms with Crippen LogP contribution in [0.1, 0.15) is 36.5 Å². The minimum absolute atomic E-state index is 0.00191. The molecule has 1 amide bonds. The molecule has 7 heteroatoms. The van der Waals surface area contributed by atoms with Crippen molar-refractivity contribution in [2.45, 2.75) is 32.5 Å². The van der Waals surface area contributed by atoms with Gasteiger partial charge in [-0.15, -0.1) is 0 Å². The van der Waals surface area contributed by atoms with Crippen LogP contribution in [0.25, 0.3) is 6.08 Å². The van der Waals surface area contributed by atoms with Crippen molar-refractivity contribution in [3.05, 3.63) is 64.7 Å². The summed E-state index contributed by atoms with van der Waals surface area (Å²) in [5.41, 5.74) is 1.97. The minimum atomic E-state index is -0.436. The van der Waals surface area contributed by atoms with E-state index in [1.54, 1.807) is 30.3 Å². The number of rotatable bonds is 9. The molecule has 1 unspecified atom stereocenters. The number of hydrogen-bond donors (Lipinski definition) is 1. The first-order valence-electron chi connectivity index (χ1n) is 10.5. The summed E-state index contributed by atoms with van der Waals surface area (Å²) in [5, 5.41) is 21.4. The largest absolute Gasteiger partial charge is 0.490 e. The molecule has 1 heterocycles. The van der Waals surface area contributed by atoms with E-state index in [4.69, 9.17) is 14.2 Å². The smallest absolute Gasteiger partial charge is 0.262 e. The van der Waals surface area contributed by atoms with Crippen LogP contribution in [0.2, 0.25) is 0 Å². The Labute approximate surface area is 187 Å². The van der Waals surface area contributed by atoms with Gasteiger partial charge in [-0.25, -0.2) is 0 Å². The third-order valence-corrected chi connectivity index (χ3v) is 4.98. The second-order valence-electron chi connectivity index (χ2n) is 7.21. The van der Waals surface area contributed by atoms with E-state index in [-0.39, 0.29) is 18.3 Å². The first kappa shape index (κ1) is 22.9. The first-order chi connectivity index (χ1) is 15.6. The number of benzene rings is 2. The third kappa shape index (κ3) is 6.10. The van der Waals surface area contributed by atoms with Gasteiger partial charge in [-0.1, -0.05) is 24.3 Å². The second kappa shape index (κ2) is 11.5.